The second kappa shape index (κ2) is 4.47. The molecule has 0 spiro atoms. The van der Waals surface area contributed by atoms with Crippen molar-refractivity contribution in [1.29, 1.82) is 0 Å². The van der Waals surface area contributed by atoms with E-state index in [2.05, 4.69) is 21.2 Å². The van der Waals surface area contributed by atoms with Gasteiger partial charge in [0.2, 0.25) is 0 Å². The molecule has 16 heavy (non-hydrogen) atoms. The standard InChI is InChI=1S/C10H8BrF2NO2/c11-9-7(13)2-1-6(12)8(9)10(15)14-5-3-16-4-5/h1-2,5H,3-4H2,(H,14,15). The maximum atomic E-state index is 13.4. The lowest BCUT2D eigenvalue weighted by Gasteiger charge is -2.27. The van der Waals surface area contributed by atoms with Crippen molar-refractivity contribution in [3.63, 3.8) is 0 Å². The van der Waals surface area contributed by atoms with Crippen molar-refractivity contribution in [1.82, 2.24) is 5.32 Å². The van der Waals surface area contributed by atoms with Crippen molar-refractivity contribution < 1.29 is 18.3 Å². The van der Waals surface area contributed by atoms with Gasteiger partial charge in [0.05, 0.1) is 29.3 Å². The predicted molar refractivity (Wildman–Crippen MR) is 56.1 cm³/mol. The molecule has 1 amide bonds. The minimum Gasteiger partial charge on any atom is -0.377 e. The Balaban J connectivity index is 2.24. The van der Waals surface area contributed by atoms with Gasteiger partial charge in [-0.2, -0.15) is 0 Å². The van der Waals surface area contributed by atoms with Crippen molar-refractivity contribution in [2.45, 2.75) is 6.04 Å². The Morgan fingerprint density at radius 2 is 2.00 bits per heavy atom. The van der Waals surface area contributed by atoms with Crippen LogP contribution in [0.1, 0.15) is 10.4 Å². The van der Waals surface area contributed by atoms with Gasteiger partial charge < -0.3 is 10.1 Å². The molecule has 86 valence electrons. The maximum Gasteiger partial charge on any atom is 0.255 e. The zero-order chi connectivity index (χ0) is 11.7. The van der Waals surface area contributed by atoms with E-state index in [1.165, 1.54) is 0 Å². The van der Waals surface area contributed by atoms with Crippen LogP contribution in [0.4, 0.5) is 8.78 Å². The number of hydrogen-bond acceptors (Lipinski definition) is 2. The molecule has 0 atom stereocenters. The largest absolute Gasteiger partial charge is 0.377 e. The molecule has 1 aromatic rings. The average Bonchev–Trinajstić information content (AvgIpc) is 2.18. The highest BCUT2D eigenvalue weighted by Gasteiger charge is 2.25. The Morgan fingerprint density at radius 3 is 2.56 bits per heavy atom. The van der Waals surface area contributed by atoms with Gasteiger partial charge in [-0.25, -0.2) is 8.78 Å². The van der Waals surface area contributed by atoms with Gasteiger partial charge in [0.1, 0.15) is 11.6 Å². The topological polar surface area (TPSA) is 38.3 Å². The summed E-state index contributed by atoms with van der Waals surface area (Å²) in [6, 6.07) is 1.76. The summed E-state index contributed by atoms with van der Waals surface area (Å²) in [6.07, 6.45) is 0. The minimum atomic E-state index is -0.758. The van der Waals surface area contributed by atoms with Gasteiger partial charge in [0.15, 0.2) is 0 Å². The van der Waals surface area contributed by atoms with Gasteiger partial charge in [-0.15, -0.1) is 0 Å². The summed E-state index contributed by atoms with van der Waals surface area (Å²) < 4.78 is 31.2. The molecule has 1 saturated heterocycles. The highest BCUT2D eigenvalue weighted by Crippen LogP contribution is 2.23. The van der Waals surface area contributed by atoms with Crippen LogP contribution >= 0.6 is 15.9 Å². The fourth-order valence-corrected chi connectivity index (χ4v) is 1.81. The molecular weight excluding hydrogens is 284 g/mol. The van der Waals surface area contributed by atoms with E-state index in [0.717, 1.165) is 12.1 Å². The molecule has 1 fully saturated rings. The predicted octanol–water partition coefficient (Wildman–Crippen LogP) is 1.86. The van der Waals surface area contributed by atoms with Crippen LogP contribution in [-0.4, -0.2) is 25.2 Å². The summed E-state index contributed by atoms with van der Waals surface area (Å²) in [4.78, 5) is 11.6. The van der Waals surface area contributed by atoms with Crippen LogP contribution < -0.4 is 5.32 Å². The smallest absolute Gasteiger partial charge is 0.255 e. The molecule has 1 aliphatic heterocycles. The van der Waals surface area contributed by atoms with Crippen molar-refractivity contribution in [3.05, 3.63) is 33.8 Å². The van der Waals surface area contributed by atoms with Crippen LogP contribution in [0.25, 0.3) is 0 Å². The van der Waals surface area contributed by atoms with Gasteiger partial charge in [-0.3, -0.25) is 4.79 Å². The molecular formula is C10H8BrF2NO2. The first-order valence-electron chi connectivity index (χ1n) is 4.61. The maximum absolute atomic E-state index is 13.4. The van der Waals surface area contributed by atoms with E-state index in [-0.39, 0.29) is 16.1 Å². The second-order valence-corrected chi connectivity index (χ2v) is 4.22. The monoisotopic (exact) mass is 291 g/mol. The molecule has 1 N–H and O–H groups in total. The van der Waals surface area contributed by atoms with Crippen molar-refractivity contribution in [3.8, 4) is 0 Å². The number of hydrogen-bond donors (Lipinski definition) is 1. The van der Waals surface area contributed by atoms with Crippen LogP contribution in [0.5, 0.6) is 0 Å². The molecule has 1 aromatic carbocycles. The number of nitrogens with one attached hydrogen (secondary N) is 1. The summed E-state index contributed by atoms with van der Waals surface area (Å²) in [5.74, 6) is -2.07. The second-order valence-electron chi connectivity index (χ2n) is 3.43. The van der Waals surface area contributed by atoms with E-state index in [9.17, 15) is 13.6 Å². The summed E-state index contributed by atoms with van der Waals surface area (Å²) in [7, 11) is 0. The number of carbonyl (C=O) groups is 1. The molecule has 0 unspecified atom stereocenters. The number of halogens is 3. The fourth-order valence-electron chi connectivity index (χ4n) is 1.31. The normalized spacial score (nSPS) is 15.7. The van der Waals surface area contributed by atoms with E-state index in [4.69, 9.17) is 4.74 Å². The summed E-state index contributed by atoms with van der Waals surface area (Å²) >= 11 is 2.85. The first kappa shape index (κ1) is 11.5. The number of benzene rings is 1. The molecule has 1 aliphatic rings. The molecule has 1 heterocycles. The van der Waals surface area contributed by atoms with Crippen molar-refractivity contribution >= 4 is 21.8 Å². The lowest BCUT2D eigenvalue weighted by atomic mass is 10.1. The van der Waals surface area contributed by atoms with Gasteiger partial charge in [-0.1, -0.05) is 0 Å². The lowest BCUT2D eigenvalue weighted by Crippen LogP contribution is -2.48. The average molecular weight is 292 g/mol. The quantitative estimate of drug-likeness (QED) is 0.845. The summed E-state index contributed by atoms with van der Waals surface area (Å²) in [5, 5.41) is 2.54. The Labute approximate surface area is 98.9 Å². The molecule has 0 aliphatic carbocycles. The van der Waals surface area contributed by atoms with E-state index >= 15 is 0 Å². The number of ether oxygens (including phenoxy) is 1. The number of amides is 1. The van der Waals surface area contributed by atoms with Gasteiger partial charge >= 0.3 is 0 Å². The zero-order valence-electron chi connectivity index (χ0n) is 8.10. The van der Waals surface area contributed by atoms with Gasteiger partial charge in [0.25, 0.3) is 5.91 Å². The van der Waals surface area contributed by atoms with Crippen LogP contribution in [0.2, 0.25) is 0 Å². The Hall–Kier alpha value is -1.01. The minimum absolute atomic E-state index is 0.123. The SMILES string of the molecule is O=C(NC1COC1)c1c(F)ccc(F)c1Br. The Morgan fingerprint density at radius 1 is 1.38 bits per heavy atom. The highest BCUT2D eigenvalue weighted by atomic mass is 79.9. The third-order valence-electron chi connectivity index (χ3n) is 2.24. The number of carbonyl (C=O) groups excluding carboxylic acids is 1. The van der Waals surface area contributed by atoms with Gasteiger partial charge in [0, 0.05) is 0 Å². The molecule has 2 rings (SSSR count). The molecule has 0 radical (unpaired) electrons. The third-order valence-corrected chi connectivity index (χ3v) is 3.02. The molecule has 6 heteroatoms. The summed E-state index contributed by atoms with van der Waals surface area (Å²) in [5.41, 5.74) is -0.313. The zero-order valence-corrected chi connectivity index (χ0v) is 9.68. The van der Waals surface area contributed by atoms with E-state index in [1.807, 2.05) is 0 Å². The molecule has 0 saturated carbocycles. The van der Waals surface area contributed by atoms with Crippen molar-refractivity contribution in [2.75, 3.05) is 13.2 Å². The van der Waals surface area contributed by atoms with E-state index in [1.54, 1.807) is 0 Å². The molecule has 3 nitrogen and oxygen atoms in total. The number of rotatable bonds is 2. The van der Waals surface area contributed by atoms with Gasteiger partial charge in [-0.05, 0) is 28.1 Å². The summed E-state index contributed by atoms with van der Waals surface area (Å²) in [6.45, 7) is 0.806. The molecule has 0 bridgehead atoms. The van der Waals surface area contributed by atoms with E-state index < -0.39 is 17.5 Å². The van der Waals surface area contributed by atoms with Crippen molar-refractivity contribution in [2.24, 2.45) is 0 Å². The van der Waals surface area contributed by atoms with Crippen LogP contribution in [0, 0.1) is 11.6 Å². The third kappa shape index (κ3) is 2.08. The molecule has 0 aromatic heterocycles. The first-order valence-corrected chi connectivity index (χ1v) is 5.41. The van der Waals surface area contributed by atoms with Crippen LogP contribution in [0.15, 0.2) is 16.6 Å². The van der Waals surface area contributed by atoms with Crippen LogP contribution in [0.3, 0.4) is 0 Å². The Kier molecular flexibility index (Phi) is 3.20. The fraction of sp³-hybridized carbons (Fsp3) is 0.300. The van der Waals surface area contributed by atoms with Crippen LogP contribution in [-0.2, 0) is 4.74 Å². The van der Waals surface area contributed by atoms with E-state index in [0.29, 0.717) is 13.2 Å². The highest BCUT2D eigenvalue weighted by molar-refractivity contribution is 9.10. The lowest BCUT2D eigenvalue weighted by molar-refractivity contribution is -0.00355. The Bertz CT molecular complexity index is 435. The first-order chi connectivity index (χ1) is 7.59.